The van der Waals surface area contributed by atoms with Gasteiger partial charge in [-0.1, -0.05) is 42.5 Å². The van der Waals surface area contributed by atoms with Crippen LogP contribution >= 0.6 is 7.60 Å². The van der Waals surface area contributed by atoms with E-state index >= 15 is 0 Å². The van der Waals surface area contributed by atoms with Gasteiger partial charge in [0.15, 0.2) is 11.6 Å². The van der Waals surface area contributed by atoms with Gasteiger partial charge < -0.3 is 13.6 Å². The first-order chi connectivity index (χ1) is 14.9. The maximum absolute atomic E-state index is 14.0. The standard InChI is InChI=1S/C24H24F2NO3P/c1-3-29-31(28,30-4-2)16-18-11-9-17(10-12-18)15-27-23-8-6-5-7-19(23)20-13-21(25)22(26)14-24(20)27/h5-14H,3-4,15-16H2,1-2H3. The van der Waals surface area contributed by atoms with Crippen LogP contribution in [-0.4, -0.2) is 17.8 Å². The van der Waals surface area contributed by atoms with Crippen LogP contribution in [0.15, 0.2) is 60.7 Å². The van der Waals surface area contributed by atoms with Gasteiger partial charge in [0, 0.05) is 28.9 Å². The molecule has 0 N–H and O–H groups in total. The highest BCUT2D eigenvalue weighted by atomic mass is 31.2. The molecule has 0 aliphatic carbocycles. The average Bonchev–Trinajstić information content (AvgIpc) is 3.03. The Morgan fingerprint density at radius 1 is 0.806 bits per heavy atom. The summed E-state index contributed by atoms with van der Waals surface area (Å²) in [6, 6.07) is 17.8. The maximum Gasteiger partial charge on any atom is 0.335 e. The number of aromatic nitrogens is 1. The number of hydrogen-bond acceptors (Lipinski definition) is 3. The van der Waals surface area contributed by atoms with E-state index < -0.39 is 19.2 Å². The highest BCUT2D eigenvalue weighted by molar-refractivity contribution is 7.53. The van der Waals surface area contributed by atoms with Crippen molar-refractivity contribution in [1.29, 1.82) is 0 Å². The lowest BCUT2D eigenvalue weighted by Crippen LogP contribution is -2.01. The molecule has 0 aliphatic rings. The molecule has 0 spiro atoms. The Morgan fingerprint density at radius 2 is 1.42 bits per heavy atom. The number of para-hydroxylation sites is 1. The van der Waals surface area contributed by atoms with Crippen LogP contribution in [0.1, 0.15) is 25.0 Å². The first-order valence-electron chi connectivity index (χ1n) is 10.3. The van der Waals surface area contributed by atoms with Crippen molar-refractivity contribution in [3.8, 4) is 0 Å². The second kappa shape index (κ2) is 8.91. The molecule has 0 amide bonds. The summed E-state index contributed by atoms with van der Waals surface area (Å²) in [6.07, 6.45) is 0.203. The van der Waals surface area contributed by atoms with Gasteiger partial charge in [0.1, 0.15) is 0 Å². The fourth-order valence-electron chi connectivity index (χ4n) is 3.89. The van der Waals surface area contributed by atoms with Crippen molar-refractivity contribution >= 4 is 29.4 Å². The molecule has 0 aliphatic heterocycles. The number of halogens is 2. The van der Waals surface area contributed by atoms with Gasteiger partial charge in [0.2, 0.25) is 0 Å². The summed E-state index contributed by atoms with van der Waals surface area (Å²) in [4.78, 5) is 0. The molecule has 0 radical (unpaired) electrons. The fraction of sp³-hybridized carbons (Fsp3) is 0.250. The molecule has 0 saturated carbocycles. The summed E-state index contributed by atoms with van der Waals surface area (Å²) in [7, 11) is -3.17. The van der Waals surface area contributed by atoms with Gasteiger partial charge in [-0.2, -0.15) is 0 Å². The SMILES string of the molecule is CCOP(=O)(Cc1ccc(Cn2c3ccccc3c3cc(F)c(F)cc32)cc1)OCC. The van der Waals surface area contributed by atoms with Crippen LogP contribution in [-0.2, 0) is 26.3 Å². The second-order valence-corrected chi connectivity index (χ2v) is 9.36. The normalized spacial score (nSPS) is 12.1. The Morgan fingerprint density at radius 3 is 2.10 bits per heavy atom. The Labute approximate surface area is 179 Å². The lowest BCUT2D eigenvalue weighted by molar-refractivity contribution is 0.219. The molecule has 1 aromatic heterocycles. The summed E-state index contributed by atoms with van der Waals surface area (Å²) in [5, 5.41) is 1.56. The topological polar surface area (TPSA) is 40.5 Å². The van der Waals surface area contributed by atoms with Gasteiger partial charge in [-0.25, -0.2) is 8.78 Å². The Hall–Kier alpha value is -2.53. The molecule has 4 aromatic rings. The van der Waals surface area contributed by atoms with Crippen molar-refractivity contribution in [2.24, 2.45) is 0 Å². The molecule has 3 aromatic carbocycles. The molecule has 162 valence electrons. The van der Waals surface area contributed by atoms with Gasteiger partial charge in [-0.05, 0) is 37.1 Å². The Kier molecular flexibility index (Phi) is 6.24. The highest BCUT2D eigenvalue weighted by Gasteiger charge is 2.24. The fourth-order valence-corrected chi connectivity index (χ4v) is 5.59. The van der Waals surface area contributed by atoms with Crippen molar-refractivity contribution in [2.75, 3.05) is 13.2 Å². The smallest absolute Gasteiger partial charge is 0.335 e. The van der Waals surface area contributed by atoms with Gasteiger partial charge in [0.25, 0.3) is 0 Å². The van der Waals surface area contributed by atoms with Crippen molar-refractivity contribution in [1.82, 2.24) is 4.57 Å². The third-order valence-electron chi connectivity index (χ3n) is 5.21. The lowest BCUT2D eigenvalue weighted by Gasteiger charge is -2.17. The molecule has 4 nitrogen and oxygen atoms in total. The molecular weight excluding hydrogens is 419 g/mol. The molecule has 0 fully saturated rings. The van der Waals surface area contributed by atoms with E-state index in [-0.39, 0.29) is 6.16 Å². The summed E-state index contributed by atoms with van der Waals surface area (Å²) in [6.45, 7) is 4.70. The zero-order chi connectivity index (χ0) is 22.0. The van der Waals surface area contributed by atoms with E-state index in [1.807, 2.05) is 53.1 Å². The molecule has 7 heteroatoms. The first kappa shape index (κ1) is 21.7. The summed E-state index contributed by atoms with van der Waals surface area (Å²) < 4.78 is 53.3. The zero-order valence-electron chi connectivity index (χ0n) is 17.5. The van der Waals surface area contributed by atoms with Crippen molar-refractivity contribution < 1.29 is 22.4 Å². The summed E-state index contributed by atoms with van der Waals surface area (Å²) in [5.74, 6) is -1.72. The molecule has 4 rings (SSSR count). The van der Waals surface area contributed by atoms with E-state index in [0.717, 1.165) is 22.0 Å². The largest absolute Gasteiger partial charge is 0.336 e. The number of rotatable bonds is 8. The van der Waals surface area contributed by atoms with Crippen molar-refractivity contribution in [2.45, 2.75) is 26.6 Å². The molecule has 0 unspecified atom stereocenters. The molecular formula is C24H24F2NO3P. The first-order valence-corrected chi connectivity index (χ1v) is 12.0. The quantitative estimate of drug-likeness (QED) is 0.279. The van der Waals surface area contributed by atoms with E-state index in [4.69, 9.17) is 9.05 Å². The highest BCUT2D eigenvalue weighted by Crippen LogP contribution is 2.51. The number of nitrogens with zero attached hydrogens (tertiary/aromatic N) is 1. The minimum absolute atomic E-state index is 0.203. The van der Waals surface area contributed by atoms with Crippen molar-refractivity contribution in [3.63, 3.8) is 0 Å². The number of fused-ring (bicyclic) bond motifs is 3. The monoisotopic (exact) mass is 443 g/mol. The minimum atomic E-state index is -3.17. The second-order valence-electron chi connectivity index (χ2n) is 7.31. The van der Waals surface area contributed by atoms with Crippen LogP contribution in [0, 0.1) is 11.6 Å². The summed E-state index contributed by atoms with van der Waals surface area (Å²) >= 11 is 0. The van der Waals surface area contributed by atoms with Crippen molar-refractivity contribution in [3.05, 3.63) is 83.4 Å². The van der Waals surface area contributed by atoms with E-state index in [2.05, 4.69) is 0 Å². The molecule has 31 heavy (non-hydrogen) atoms. The molecule has 1 heterocycles. The Balaban J connectivity index is 1.67. The zero-order valence-corrected chi connectivity index (χ0v) is 18.4. The molecule has 0 bridgehead atoms. The predicted molar refractivity (Wildman–Crippen MR) is 119 cm³/mol. The third-order valence-corrected chi connectivity index (χ3v) is 7.26. The summed E-state index contributed by atoms with van der Waals surface area (Å²) in [5.41, 5.74) is 3.38. The van der Waals surface area contributed by atoms with E-state index in [0.29, 0.717) is 30.7 Å². The number of benzene rings is 3. The van der Waals surface area contributed by atoms with Gasteiger partial charge >= 0.3 is 7.60 Å². The van der Waals surface area contributed by atoms with E-state index in [9.17, 15) is 13.3 Å². The lowest BCUT2D eigenvalue weighted by atomic mass is 10.1. The third kappa shape index (κ3) is 4.42. The van der Waals surface area contributed by atoms with Crippen LogP contribution in [0.2, 0.25) is 0 Å². The van der Waals surface area contributed by atoms with Crippen LogP contribution in [0.5, 0.6) is 0 Å². The van der Waals surface area contributed by atoms with Crippen LogP contribution in [0.25, 0.3) is 21.8 Å². The van der Waals surface area contributed by atoms with Gasteiger partial charge in [0.05, 0.1) is 24.9 Å². The Bertz CT molecular complexity index is 1260. The van der Waals surface area contributed by atoms with Gasteiger partial charge in [-0.3, -0.25) is 4.57 Å². The average molecular weight is 443 g/mol. The van der Waals surface area contributed by atoms with Gasteiger partial charge in [-0.15, -0.1) is 0 Å². The minimum Gasteiger partial charge on any atom is -0.336 e. The van der Waals surface area contributed by atoms with Crippen LogP contribution in [0.3, 0.4) is 0 Å². The molecule has 0 saturated heterocycles. The maximum atomic E-state index is 14.0. The van der Waals surface area contributed by atoms with E-state index in [1.54, 1.807) is 13.8 Å². The van der Waals surface area contributed by atoms with Crippen LogP contribution in [0.4, 0.5) is 8.78 Å². The molecule has 0 atom stereocenters. The number of hydrogen-bond donors (Lipinski definition) is 0. The van der Waals surface area contributed by atoms with E-state index in [1.165, 1.54) is 12.1 Å². The van der Waals surface area contributed by atoms with Crippen LogP contribution < -0.4 is 0 Å². The predicted octanol–water partition coefficient (Wildman–Crippen LogP) is 6.89.